The molecule has 1 unspecified atom stereocenters. The van der Waals surface area contributed by atoms with E-state index in [0.29, 0.717) is 23.1 Å². The highest BCUT2D eigenvalue weighted by atomic mass is 16.1. The number of aromatic amines is 1. The predicted octanol–water partition coefficient (Wildman–Crippen LogP) is -0.796. The molecule has 2 aromatic rings. The molecule has 0 amide bonds. The number of aryl methyl sites for hydroxylation is 1. The first-order valence-corrected chi connectivity index (χ1v) is 4.64. The summed E-state index contributed by atoms with van der Waals surface area (Å²) in [7, 11) is 0. The van der Waals surface area contributed by atoms with Crippen LogP contribution in [0.15, 0.2) is 0 Å². The molecule has 0 fully saturated rings. The van der Waals surface area contributed by atoms with Crippen molar-refractivity contribution in [3.05, 3.63) is 11.3 Å². The maximum atomic E-state index is 11.8. The van der Waals surface area contributed by atoms with Gasteiger partial charge in [-0.05, 0) is 23.3 Å². The number of aromatic nitrogens is 5. The van der Waals surface area contributed by atoms with Crippen LogP contribution in [-0.4, -0.2) is 37.4 Å². The fourth-order valence-corrected chi connectivity index (χ4v) is 1.89. The number of hydrogen-bond acceptors (Lipinski definition) is 6. The molecule has 3 rings (SSSR count). The summed E-state index contributed by atoms with van der Waals surface area (Å²) >= 11 is 0. The third-order valence-electron chi connectivity index (χ3n) is 2.65. The lowest BCUT2D eigenvalue weighted by Crippen LogP contribution is -2.34. The number of nitrogens with two attached hydrogens (primary N) is 1. The zero-order chi connectivity index (χ0) is 10.4. The first-order chi connectivity index (χ1) is 7.27. The van der Waals surface area contributed by atoms with Gasteiger partial charge in [0.05, 0.1) is 11.6 Å². The second kappa shape index (κ2) is 2.80. The largest absolute Gasteiger partial charge is 0.340 e. The van der Waals surface area contributed by atoms with E-state index in [1.165, 1.54) is 0 Å². The van der Waals surface area contributed by atoms with Crippen molar-refractivity contribution in [1.82, 2.24) is 25.6 Å². The monoisotopic (exact) mass is 204 g/mol. The van der Waals surface area contributed by atoms with Crippen molar-refractivity contribution >= 4 is 16.9 Å². The molecule has 0 bridgehead atoms. The molecule has 7 nitrogen and oxygen atoms in total. The van der Waals surface area contributed by atoms with Crippen LogP contribution in [0.1, 0.15) is 22.5 Å². The van der Waals surface area contributed by atoms with E-state index >= 15 is 0 Å². The summed E-state index contributed by atoms with van der Waals surface area (Å²) in [6, 6.07) is -0.438. The van der Waals surface area contributed by atoms with Crippen LogP contribution in [0, 0.1) is 0 Å². The number of rotatable bonds is 0. The average molecular weight is 204 g/mol. The van der Waals surface area contributed by atoms with Crippen molar-refractivity contribution in [3.63, 3.8) is 0 Å². The summed E-state index contributed by atoms with van der Waals surface area (Å²) in [5.41, 5.74) is 8.04. The number of carbonyl (C=O) groups excluding carboxylic acids is 1. The smallest absolute Gasteiger partial charge is 0.183 e. The number of carbonyl (C=O) groups is 1. The molecule has 0 saturated carbocycles. The van der Waals surface area contributed by atoms with Crippen molar-refractivity contribution in [1.29, 1.82) is 0 Å². The normalized spacial score (nSPS) is 20.6. The lowest BCUT2D eigenvalue weighted by atomic mass is 9.92. The van der Waals surface area contributed by atoms with E-state index in [1.807, 2.05) is 0 Å². The minimum Gasteiger partial charge on any atom is -0.340 e. The van der Waals surface area contributed by atoms with Crippen LogP contribution in [0.5, 0.6) is 0 Å². The van der Waals surface area contributed by atoms with Crippen molar-refractivity contribution in [3.8, 4) is 0 Å². The molecule has 1 atom stereocenters. The summed E-state index contributed by atoms with van der Waals surface area (Å²) in [5, 5.41) is 14.4. The SMILES string of the molecule is NC1CCc2[nH]c3nnnnc3c2C1=O. The fraction of sp³-hybridized carbons (Fsp3) is 0.375. The first kappa shape index (κ1) is 8.42. The van der Waals surface area contributed by atoms with E-state index < -0.39 is 6.04 Å². The Kier molecular flexibility index (Phi) is 1.57. The highest BCUT2D eigenvalue weighted by Gasteiger charge is 2.29. The molecule has 0 saturated heterocycles. The minimum absolute atomic E-state index is 0.0928. The molecule has 1 aliphatic carbocycles. The lowest BCUT2D eigenvalue weighted by molar-refractivity contribution is 0.0950. The summed E-state index contributed by atoms with van der Waals surface area (Å²) < 4.78 is 0. The zero-order valence-electron chi connectivity index (χ0n) is 7.77. The molecular weight excluding hydrogens is 196 g/mol. The number of H-pyrrole nitrogens is 1. The number of Topliss-reactive ketones (excluding diaryl/α,β-unsaturated/α-hetero) is 1. The quantitative estimate of drug-likeness (QED) is 0.581. The molecule has 7 heteroatoms. The van der Waals surface area contributed by atoms with Crippen molar-refractivity contribution < 1.29 is 4.79 Å². The van der Waals surface area contributed by atoms with Gasteiger partial charge in [-0.2, -0.15) is 0 Å². The number of ketones is 1. The van der Waals surface area contributed by atoms with E-state index in [1.54, 1.807) is 0 Å². The summed E-state index contributed by atoms with van der Waals surface area (Å²) in [6.07, 6.45) is 1.39. The molecule has 2 heterocycles. The zero-order valence-corrected chi connectivity index (χ0v) is 7.77. The van der Waals surface area contributed by atoms with Gasteiger partial charge in [0.15, 0.2) is 11.4 Å². The van der Waals surface area contributed by atoms with Crippen molar-refractivity contribution in [2.45, 2.75) is 18.9 Å². The molecule has 0 aliphatic heterocycles. The highest BCUT2D eigenvalue weighted by Crippen LogP contribution is 2.25. The van der Waals surface area contributed by atoms with E-state index in [2.05, 4.69) is 25.6 Å². The van der Waals surface area contributed by atoms with Crippen LogP contribution in [0.4, 0.5) is 0 Å². The van der Waals surface area contributed by atoms with Gasteiger partial charge in [0, 0.05) is 5.69 Å². The number of hydrogen-bond donors (Lipinski definition) is 2. The Hall–Kier alpha value is -1.89. The van der Waals surface area contributed by atoms with Gasteiger partial charge in [-0.1, -0.05) is 0 Å². The van der Waals surface area contributed by atoms with Crippen molar-refractivity contribution in [2.24, 2.45) is 5.73 Å². The van der Waals surface area contributed by atoms with E-state index in [9.17, 15) is 4.79 Å². The molecule has 2 aromatic heterocycles. The number of nitrogens with zero attached hydrogens (tertiary/aromatic N) is 4. The average Bonchev–Trinajstić information content (AvgIpc) is 2.62. The standard InChI is InChI=1S/C8H8N6O/c9-3-1-2-4-5(7(3)15)6-8(10-4)12-14-13-11-6/h3H,1-2,9H2,(H,10,12,13). The maximum absolute atomic E-state index is 11.8. The van der Waals surface area contributed by atoms with Crippen LogP contribution >= 0.6 is 0 Å². The Morgan fingerprint density at radius 2 is 2.13 bits per heavy atom. The molecule has 0 aromatic carbocycles. The van der Waals surface area contributed by atoms with Gasteiger partial charge >= 0.3 is 0 Å². The summed E-state index contributed by atoms with van der Waals surface area (Å²) in [4.78, 5) is 14.8. The van der Waals surface area contributed by atoms with Gasteiger partial charge in [0.2, 0.25) is 0 Å². The highest BCUT2D eigenvalue weighted by molar-refractivity contribution is 6.10. The van der Waals surface area contributed by atoms with Crippen LogP contribution in [-0.2, 0) is 6.42 Å². The third-order valence-corrected chi connectivity index (χ3v) is 2.65. The van der Waals surface area contributed by atoms with Crippen molar-refractivity contribution in [2.75, 3.05) is 0 Å². The second-order valence-corrected chi connectivity index (χ2v) is 3.56. The Morgan fingerprint density at radius 3 is 3.00 bits per heavy atom. The molecule has 0 radical (unpaired) electrons. The van der Waals surface area contributed by atoms with E-state index in [4.69, 9.17) is 5.73 Å². The van der Waals surface area contributed by atoms with E-state index in [0.717, 1.165) is 12.1 Å². The molecule has 3 N–H and O–H groups in total. The summed E-state index contributed by atoms with van der Waals surface area (Å²) in [6.45, 7) is 0. The van der Waals surface area contributed by atoms with Gasteiger partial charge in [-0.25, -0.2) is 0 Å². The van der Waals surface area contributed by atoms with Crippen LogP contribution < -0.4 is 5.73 Å². The Morgan fingerprint density at radius 1 is 1.33 bits per heavy atom. The molecule has 0 spiro atoms. The fourth-order valence-electron chi connectivity index (χ4n) is 1.89. The number of fused-ring (bicyclic) bond motifs is 3. The van der Waals surface area contributed by atoms with Gasteiger partial charge in [0.1, 0.15) is 5.52 Å². The van der Waals surface area contributed by atoms with Gasteiger partial charge in [-0.3, -0.25) is 4.79 Å². The Bertz CT molecular complexity index is 547. The van der Waals surface area contributed by atoms with Gasteiger partial charge in [0.25, 0.3) is 0 Å². The third kappa shape index (κ3) is 1.06. The number of nitrogens with one attached hydrogen (secondary N) is 1. The topological polar surface area (TPSA) is 110 Å². The van der Waals surface area contributed by atoms with Crippen LogP contribution in [0.3, 0.4) is 0 Å². The molecule has 76 valence electrons. The van der Waals surface area contributed by atoms with Gasteiger partial charge < -0.3 is 10.7 Å². The lowest BCUT2D eigenvalue weighted by Gasteiger charge is -2.15. The minimum atomic E-state index is -0.438. The van der Waals surface area contributed by atoms with Crippen LogP contribution in [0.25, 0.3) is 11.2 Å². The Labute approximate surface area is 84.1 Å². The second-order valence-electron chi connectivity index (χ2n) is 3.56. The van der Waals surface area contributed by atoms with E-state index in [-0.39, 0.29) is 5.78 Å². The van der Waals surface area contributed by atoms with Gasteiger partial charge in [-0.15, -0.1) is 10.2 Å². The molecular formula is C8H8N6O. The molecule has 1 aliphatic rings. The first-order valence-electron chi connectivity index (χ1n) is 4.64. The maximum Gasteiger partial charge on any atom is 0.183 e. The molecule has 15 heavy (non-hydrogen) atoms. The summed E-state index contributed by atoms with van der Waals surface area (Å²) in [5.74, 6) is -0.0928. The Balaban J connectivity index is 2.34. The van der Waals surface area contributed by atoms with Crippen LogP contribution in [0.2, 0.25) is 0 Å². The predicted molar refractivity (Wildman–Crippen MR) is 50.1 cm³/mol.